The number of sulfone groups is 1. The number of carbonyl (C=O) groups is 1. The standard InChI is InChI=1S/C10H13NO5S2/c1-18(15,16)8-4-2-7(3-5-8)17(14)9(6-11)10(12)13/h2-5,9H,6,11H2,1H3,(H,12,13). The van der Waals surface area contributed by atoms with E-state index in [9.17, 15) is 17.4 Å². The third-order valence-corrected chi connectivity index (χ3v) is 5.01. The lowest BCUT2D eigenvalue weighted by atomic mass is 10.4. The molecule has 1 rings (SSSR count). The molecule has 2 atom stereocenters. The molecule has 1 aromatic carbocycles. The molecule has 1 aromatic rings. The van der Waals surface area contributed by atoms with Crippen LogP contribution in [0.4, 0.5) is 0 Å². The average Bonchev–Trinajstić information content (AvgIpc) is 2.28. The molecular formula is C10H13NO5S2. The zero-order valence-electron chi connectivity index (χ0n) is 9.57. The number of carboxylic acid groups (broad SMARTS) is 1. The number of hydrogen-bond acceptors (Lipinski definition) is 5. The highest BCUT2D eigenvalue weighted by Gasteiger charge is 2.24. The van der Waals surface area contributed by atoms with Crippen LogP contribution in [0.3, 0.4) is 0 Å². The van der Waals surface area contributed by atoms with Gasteiger partial charge in [-0.2, -0.15) is 0 Å². The Labute approximate surface area is 107 Å². The van der Waals surface area contributed by atoms with Crippen LogP contribution in [0.5, 0.6) is 0 Å². The normalized spacial score (nSPS) is 15.0. The van der Waals surface area contributed by atoms with Crippen molar-refractivity contribution in [1.82, 2.24) is 0 Å². The highest BCUT2D eigenvalue weighted by Crippen LogP contribution is 2.15. The summed E-state index contributed by atoms with van der Waals surface area (Å²) in [6, 6.07) is 5.24. The van der Waals surface area contributed by atoms with Gasteiger partial charge in [0.25, 0.3) is 0 Å². The summed E-state index contributed by atoms with van der Waals surface area (Å²) in [5.74, 6) is -1.25. The maximum atomic E-state index is 11.9. The van der Waals surface area contributed by atoms with Crippen molar-refractivity contribution in [2.24, 2.45) is 5.73 Å². The molecule has 0 aliphatic heterocycles. The first-order valence-corrected chi connectivity index (χ1v) is 8.01. The Morgan fingerprint density at radius 3 is 2.22 bits per heavy atom. The van der Waals surface area contributed by atoms with Crippen molar-refractivity contribution >= 4 is 26.6 Å². The Hall–Kier alpha value is -1.25. The summed E-state index contributed by atoms with van der Waals surface area (Å²) in [6.45, 7) is -0.254. The number of aliphatic carboxylic acids is 1. The van der Waals surface area contributed by atoms with Crippen molar-refractivity contribution in [3.8, 4) is 0 Å². The monoisotopic (exact) mass is 291 g/mol. The smallest absolute Gasteiger partial charge is 0.320 e. The molecule has 3 N–H and O–H groups in total. The van der Waals surface area contributed by atoms with Crippen molar-refractivity contribution < 1.29 is 22.5 Å². The van der Waals surface area contributed by atoms with Crippen LogP contribution in [0.25, 0.3) is 0 Å². The molecule has 0 aromatic heterocycles. The van der Waals surface area contributed by atoms with Crippen LogP contribution in [0, 0.1) is 0 Å². The van der Waals surface area contributed by atoms with Gasteiger partial charge in [0.2, 0.25) is 0 Å². The molecular weight excluding hydrogens is 278 g/mol. The van der Waals surface area contributed by atoms with Gasteiger partial charge in [0.1, 0.15) is 5.25 Å². The van der Waals surface area contributed by atoms with Gasteiger partial charge in [-0.3, -0.25) is 9.00 Å². The molecule has 2 unspecified atom stereocenters. The van der Waals surface area contributed by atoms with Crippen LogP contribution in [0.2, 0.25) is 0 Å². The summed E-state index contributed by atoms with van der Waals surface area (Å²) >= 11 is 0. The van der Waals surface area contributed by atoms with Gasteiger partial charge in [0.15, 0.2) is 9.84 Å². The van der Waals surface area contributed by atoms with Gasteiger partial charge >= 0.3 is 5.97 Å². The third kappa shape index (κ3) is 3.37. The first-order valence-electron chi connectivity index (χ1n) is 4.91. The van der Waals surface area contributed by atoms with Gasteiger partial charge in [0.05, 0.1) is 15.7 Å². The predicted octanol–water partition coefficient (Wildman–Crippen LogP) is -0.390. The molecule has 0 bridgehead atoms. The predicted molar refractivity (Wildman–Crippen MR) is 66.4 cm³/mol. The minimum Gasteiger partial charge on any atom is -0.480 e. The first kappa shape index (κ1) is 14.8. The Bertz CT molecular complexity index is 564. The quantitative estimate of drug-likeness (QED) is 0.763. The second kappa shape index (κ2) is 5.59. The zero-order chi connectivity index (χ0) is 13.9. The molecule has 0 aliphatic carbocycles. The van der Waals surface area contributed by atoms with Crippen molar-refractivity contribution in [2.45, 2.75) is 15.0 Å². The zero-order valence-corrected chi connectivity index (χ0v) is 11.2. The molecule has 8 heteroatoms. The van der Waals surface area contributed by atoms with Crippen molar-refractivity contribution in [1.29, 1.82) is 0 Å². The van der Waals surface area contributed by atoms with Crippen LogP contribution in [0.15, 0.2) is 34.1 Å². The van der Waals surface area contributed by atoms with E-state index in [-0.39, 0.29) is 16.3 Å². The molecule has 0 fully saturated rings. The molecule has 0 heterocycles. The Balaban J connectivity index is 3.06. The van der Waals surface area contributed by atoms with Gasteiger partial charge in [-0.15, -0.1) is 0 Å². The maximum Gasteiger partial charge on any atom is 0.320 e. The van der Waals surface area contributed by atoms with Gasteiger partial charge in [-0.1, -0.05) is 0 Å². The van der Waals surface area contributed by atoms with Gasteiger partial charge in [-0.05, 0) is 24.3 Å². The van der Waals surface area contributed by atoms with Gasteiger partial charge in [-0.25, -0.2) is 8.42 Å². The number of benzene rings is 1. The van der Waals surface area contributed by atoms with E-state index in [1.165, 1.54) is 24.3 Å². The Kier molecular flexibility index (Phi) is 4.60. The van der Waals surface area contributed by atoms with E-state index in [1.54, 1.807) is 0 Å². The van der Waals surface area contributed by atoms with E-state index in [0.717, 1.165) is 6.26 Å². The fraction of sp³-hybridized carbons (Fsp3) is 0.300. The first-order chi connectivity index (χ1) is 8.27. The third-order valence-electron chi connectivity index (χ3n) is 2.23. The minimum absolute atomic E-state index is 0.0860. The van der Waals surface area contributed by atoms with Gasteiger partial charge < -0.3 is 10.8 Å². The molecule has 100 valence electrons. The van der Waals surface area contributed by atoms with Crippen LogP contribution in [-0.2, 0) is 25.4 Å². The number of rotatable bonds is 5. The summed E-state index contributed by atoms with van der Waals surface area (Å²) in [5.41, 5.74) is 5.24. The van der Waals surface area contributed by atoms with Gasteiger partial charge in [0, 0.05) is 17.7 Å². The highest BCUT2D eigenvalue weighted by molar-refractivity contribution is 7.90. The molecule has 0 spiro atoms. The van der Waals surface area contributed by atoms with E-state index in [2.05, 4.69) is 0 Å². The molecule has 0 amide bonds. The number of nitrogens with two attached hydrogens (primary N) is 1. The summed E-state index contributed by atoms with van der Waals surface area (Å²) in [7, 11) is -5.13. The van der Waals surface area contributed by atoms with Crippen molar-refractivity contribution in [2.75, 3.05) is 12.8 Å². The van der Waals surface area contributed by atoms with E-state index in [0.29, 0.717) is 0 Å². The number of carboxylic acids is 1. The topological polar surface area (TPSA) is 115 Å². The molecule has 0 radical (unpaired) electrons. The molecule has 0 aliphatic rings. The Morgan fingerprint density at radius 2 is 1.89 bits per heavy atom. The fourth-order valence-electron chi connectivity index (χ4n) is 1.27. The highest BCUT2D eigenvalue weighted by atomic mass is 32.2. The fourth-order valence-corrected chi connectivity index (χ4v) is 2.99. The van der Waals surface area contributed by atoms with E-state index in [4.69, 9.17) is 10.8 Å². The van der Waals surface area contributed by atoms with Crippen LogP contribution < -0.4 is 5.73 Å². The van der Waals surface area contributed by atoms with Crippen LogP contribution >= 0.6 is 0 Å². The molecule has 18 heavy (non-hydrogen) atoms. The summed E-state index contributed by atoms with van der Waals surface area (Å²) < 4.78 is 34.3. The lowest BCUT2D eigenvalue weighted by Crippen LogP contribution is -2.33. The molecule has 6 nitrogen and oxygen atoms in total. The summed E-state index contributed by atoms with van der Waals surface area (Å²) in [4.78, 5) is 11.1. The molecule has 0 saturated carbocycles. The van der Waals surface area contributed by atoms with Crippen LogP contribution in [-0.4, -0.2) is 41.8 Å². The largest absolute Gasteiger partial charge is 0.480 e. The SMILES string of the molecule is CS(=O)(=O)c1ccc(S(=O)C(CN)C(=O)O)cc1. The molecule has 0 saturated heterocycles. The second-order valence-electron chi connectivity index (χ2n) is 3.60. The average molecular weight is 291 g/mol. The number of hydrogen-bond donors (Lipinski definition) is 2. The second-order valence-corrected chi connectivity index (χ2v) is 7.25. The van der Waals surface area contributed by atoms with E-state index in [1.807, 2.05) is 0 Å². The van der Waals surface area contributed by atoms with E-state index < -0.39 is 31.9 Å². The van der Waals surface area contributed by atoms with E-state index >= 15 is 0 Å². The minimum atomic E-state index is -3.33. The lowest BCUT2D eigenvalue weighted by molar-refractivity contribution is -0.136. The maximum absolute atomic E-state index is 11.9. The Morgan fingerprint density at radius 1 is 1.39 bits per heavy atom. The van der Waals surface area contributed by atoms with Crippen LogP contribution in [0.1, 0.15) is 0 Å². The summed E-state index contributed by atoms with van der Waals surface area (Å²) in [6.07, 6.45) is 1.05. The van der Waals surface area contributed by atoms with Crippen molar-refractivity contribution in [3.63, 3.8) is 0 Å². The lowest BCUT2D eigenvalue weighted by Gasteiger charge is -2.09. The van der Waals surface area contributed by atoms with Crippen molar-refractivity contribution in [3.05, 3.63) is 24.3 Å². The summed E-state index contributed by atoms with van der Waals surface area (Å²) in [5, 5.41) is 7.62.